The Hall–Kier alpha value is -1.48. The van der Waals surface area contributed by atoms with Crippen LogP contribution in [-0.2, 0) is 9.84 Å². The summed E-state index contributed by atoms with van der Waals surface area (Å²) in [4.78, 5) is 11.9. The van der Waals surface area contributed by atoms with Gasteiger partial charge in [0.05, 0.1) is 16.3 Å². The van der Waals surface area contributed by atoms with Crippen molar-refractivity contribution in [1.29, 1.82) is 0 Å². The fourth-order valence-corrected chi connectivity index (χ4v) is 4.96. The Morgan fingerprint density at radius 1 is 1.50 bits per heavy atom. The topological polar surface area (TPSA) is 107 Å². The molecule has 1 saturated heterocycles. The largest absolute Gasteiger partial charge is 0.397 e. The van der Waals surface area contributed by atoms with Crippen LogP contribution < -0.4 is 10.6 Å². The molecular formula is C11H15N3O4S2. The van der Waals surface area contributed by atoms with Gasteiger partial charge in [-0.15, -0.1) is 0 Å². The number of sulfone groups is 1. The number of benzene rings is 1. The van der Waals surface area contributed by atoms with Gasteiger partial charge in [0.25, 0.3) is 5.69 Å². The highest BCUT2D eigenvalue weighted by molar-refractivity contribution is 8.01. The first kappa shape index (κ1) is 14.9. The summed E-state index contributed by atoms with van der Waals surface area (Å²) in [6.07, 6.45) is 1.19. The molecule has 7 nitrogen and oxygen atoms in total. The van der Waals surface area contributed by atoms with E-state index in [9.17, 15) is 18.5 Å². The van der Waals surface area contributed by atoms with Gasteiger partial charge in [0, 0.05) is 36.4 Å². The molecule has 1 heterocycles. The highest BCUT2D eigenvalue weighted by Crippen LogP contribution is 2.33. The summed E-state index contributed by atoms with van der Waals surface area (Å²) in [7, 11) is -3.25. The normalized spacial score (nSPS) is 19.9. The third kappa shape index (κ3) is 2.98. The van der Waals surface area contributed by atoms with Crippen LogP contribution in [0.5, 0.6) is 0 Å². The van der Waals surface area contributed by atoms with E-state index in [0.29, 0.717) is 18.0 Å². The molecule has 20 heavy (non-hydrogen) atoms. The zero-order valence-electron chi connectivity index (χ0n) is 10.9. The Morgan fingerprint density at radius 3 is 2.75 bits per heavy atom. The molecule has 1 atom stereocenters. The first-order valence-corrected chi connectivity index (χ1v) is 8.99. The van der Waals surface area contributed by atoms with Gasteiger partial charge >= 0.3 is 0 Å². The van der Waals surface area contributed by atoms with Crippen molar-refractivity contribution in [2.45, 2.75) is 5.37 Å². The van der Waals surface area contributed by atoms with Gasteiger partial charge in [-0.25, -0.2) is 8.42 Å². The minimum absolute atomic E-state index is 0.103. The molecule has 1 aliphatic rings. The fourth-order valence-electron chi connectivity index (χ4n) is 2.13. The van der Waals surface area contributed by atoms with Crippen molar-refractivity contribution >= 4 is 38.7 Å². The lowest BCUT2D eigenvalue weighted by molar-refractivity contribution is -0.384. The molecular weight excluding hydrogens is 302 g/mol. The van der Waals surface area contributed by atoms with E-state index in [0.717, 1.165) is 5.75 Å². The molecule has 0 aliphatic carbocycles. The standard InChI is InChI=1S/C11H15N3O4S2/c1-20(17,18)11-7-19-5-4-13(11)10-3-2-8(14(15)16)6-9(10)12/h2-3,6,11H,4-5,7,12H2,1H3. The lowest BCUT2D eigenvalue weighted by Gasteiger charge is -2.36. The summed E-state index contributed by atoms with van der Waals surface area (Å²) < 4.78 is 23.7. The van der Waals surface area contributed by atoms with E-state index < -0.39 is 20.1 Å². The summed E-state index contributed by atoms with van der Waals surface area (Å²) in [5, 5.41) is 10.1. The monoisotopic (exact) mass is 317 g/mol. The van der Waals surface area contributed by atoms with Gasteiger partial charge in [0.2, 0.25) is 0 Å². The van der Waals surface area contributed by atoms with Crippen LogP contribution in [0, 0.1) is 10.1 Å². The Morgan fingerprint density at radius 2 is 2.20 bits per heavy atom. The second-order valence-electron chi connectivity index (χ2n) is 4.55. The Labute approximate surface area is 121 Å². The number of anilines is 2. The van der Waals surface area contributed by atoms with E-state index in [2.05, 4.69) is 0 Å². The first-order valence-electron chi connectivity index (χ1n) is 5.88. The maximum absolute atomic E-state index is 11.9. The van der Waals surface area contributed by atoms with Crippen molar-refractivity contribution in [3.63, 3.8) is 0 Å². The van der Waals surface area contributed by atoms with Crippen molar-refractivity contribution in [3.05, 3.63) is 28.3 Å². The third-order valence-electron chi connectivity index (χ3n) is 3.11. The minimum Gasteiger partial charge on any atom is -0.397 e. The van der Waals surface area contributed by atoms with Gasteiger partial charge in [0.1, 0.15) is 5.37 Å². The second kappa shape index (κ2) is 5.49. The lowest BCUT2D eigenvalue weighted by Crippen LogP contribution is -2.47. The van der Waals surface area contributed by atoms with E-state index in [1.807, 2.05) is 0 Å². The summed E-state index contributed by atoms with van der Waals surface area (Å²) >= 11 is 1.57. The van der Waals surface area contributed by atoms with Crippen LogP contribution in [0.3, 0.4) is 0 Å². The van der Waals surface area contributed by atoms with Gasteiger partial charge in [0.15, 0.2) is 9.84 Å². The predicted molar refractivity (Wildman–Crippen MR) is 80.8 cm³/mol. The van der Waals surface area contributed by atoms with Gasteiger partial charge < -0.3 is 10.6 Å². The molecule has 0 radical (unpaired) electrons. The van der Waals surface area contributed by atoms with Gasteiger partial charge in [-0.1, -0.05) is 0 Å². The molecule has 9 heteroatoms. The average Bonchev–Trinajstić information content (AvgIpc) is 2.37. The summed E-state index contributed by atoms with van der Waals surface area (Å²) in [6.45, 7) is 0.546. The Kier molecular flexibility index (Phi) is 4.09. The van der Waals surface area contributed by atoms with Crippen molar-refractivity contribution < 1.29 is 13.3 Å². The van der Waals surface area contributed by atoms with Crippen molar-refractivity contribution in [3.8, 4) is 0 Å². The Bertz CT molecular complexity index is 633. The molecule has 0 saturated carbocycles. The number of nitro groups is 1. The number of nitrogens with two attached hydrogens (primary N) is 1. The van der Waals surface area contributed by atoms with Crippen LogP contribution in [0.4, 0.5) is 17.1 Å². The quantitative estimate of drug-likeness (QED) is 0.505. The number of thioether (sulfide) groups is 1. The van der Waals surface area contributed by atoms with Crippen molar-refractivity contribution in [2.24, 2.45) is 0 Å². The molecule has 1 unspecified atom stereocenters. The molecule has 1 aromatic rings. The molecule has 0 aromatic heterocycles. The van der Waals surface area contributed by atoms with Gasteiger partial charge in [-0.2, -0.15) is 11.8 Å². The predicted octanol–water partition coefficient (Wildman–Crippen LogP) is 1.10. The van der Waals surface area contributed by atoms with E-state index in [4.69, 9.17) is 5.73 Å². The SMILES string of the molecule is CS(=O)(=O)C1CSCCN1c1ccc([N+](=O)[O-])cc1N. The van der Waals surface area contributed by atoms with Crippen LogP contribution in [0.1, 0.15) is 0 Å². The molecule has 1 fully saturated rings. The number of nitrogen functional groups attached to an aromatic ring is 1. The van der Waals surface area contributed by atoms with E-state index in [1.54, 1.807) is 16.7 Å². The zero-order valence-corrected chi connectivity index (χ0v) is 12.5. The van der Waals surface area contributed by atoms with E-state index in [-0.39, 0.29) is 11.4 Å². The number of non-ortho nitro benzene ring substituents is 1. The number of hydrogen-bond donors (Lipinski definition) is 1. The maximum Gasteiger partial charge on any atom is 0.271 e. The molecule has 1 aromatic carbocycles. The van der Waals surface area contributed by atoms with Crippen molar-refractivity contribution in [1.82, 2.24) is 0 Å². The highest BCUT2D eigenvalue weighted by atomic mass is 32.2. The number of rotatable bonds is 3. The molecule has 0 bridgehead atoms. The molecule has 2 rings (SSSR count). The first-order chi connectivity index (χ1) is 9.30. The molecule has 0 amide bonds. The second-order valence-corrected chi connectivity index (χ2v) is 7.91. The van der Waals surface area contributed by atoms with E-state index >= 15 is 0 Å². The van der Waals surface area contributed by atoms with Crippen molar-refractivity contribution in [2.75, 3.05) is 34.9 Å². The van der Waals surface area contributed by atoms with E-state index in [1.165, 1.54) is 24.5 Å². The Balaban J connectivity index is 2.40. The molecule has 2 N–H and O–H groups in total. The summed E-state index contributed by atoms with van der Waals surface area (Å²) in [6, 6.07) is 4.12. The summed E-state index contributed by atoms with van der Waals surface area (Å²) in [5.41, 5.74) is 6.50. The zero-order chi connectivity index (χ0) is 14.9. The minimum atomic E-state index is -3.25. The van der Waals surface area contributed by atoms with Gasteiger partial charge in [-0.05, 0) is 6.07 Å². The third-order valence-corrected chi connectivity index (χ3v) is 5.75. The number of nitrogens with zero attached hydrogens (tertiary/aromatic N) is 2. The molecule has 1 aliphatic heterocycles. The van der Waals surface area contributed by atoms with Crippen LogP contribution in [0.15, 0.2) is 18.2 Å². The summed E-state index contributed by atoms with van der Waals surface area (Å²) in [5.74, 6) is 1.26. The molecule has 0 spiro atoms. The van der Waals surface area contributed by atoms with Crippen LogP contribution in [-0.4, -0.2) is 43.0 Å². The van der Waals surface area contributed by atoms with Crippen LogP contribution in [0.2, 0.25) is 0 Å². The van der Waals surface area contributed by atoms with Crippen LogP contribution >= 0.6 is 11.8 Å². The number of nitro benzene ring substituents is 1. The molecule has 110 valence electrons. The lowest BCUT2D eigenvalue weighted by atomic mass is 10.2. The smallest absolute Gasteiger partial charge is 0.271 e. The average molecular weight is 317 g/mol. The maximum atomic E-state index is 11.9. The highest BCUT2D eigenvalue weighted by Gasteiger charge is 2.32. The van der Waals surface area contributed by atoms with Crippen LogP contribution in [0.25, 0.3) is 0 Å². The van der Waals surface area contributed by atoms with Gasteiger partial charge in [-0.3, -0.25) is 10.1 Å². The number of hydrogen-bond acceptors (Lipinski definition) is 7. The fraction of sp³-hybridized carbons (Fsp3) is 0.455.